The quantitative estimate of drug-likeness (QED) is 0.444. The molecule has 0 radical (unpaired) electrons. The number of rotatable bonds is 8. The van der Waals surface area contributed by atoms with Crippen molar-refractivity contribution in [2.45, 2.75) is 6.61 Å². The molecule has 138 valence electrons. The van der Waals surface area contributed by atoms with Gasteiger partial charge in [-0.15, -0.1) is 0 Å². The number of esters is 1. The first kappa shape index (κ1) is 18.3. The molecule has 6 heteroatoms. The third-order valence-corrected chi connectivity index (χ3v) is 3.73. The molecule has 0 N–H and O–H groups in total. The highest BCUT2D eigenvalue weighted by Gasteiger charge is 2.17. The van der Waals surface area contributed by atoms with Crippen molar-refractivity contribution >= 4 is 11.8 Å². The predicted molar refractivity (Wildman–Crippen MR) is 97.1 cm³/mol. The van der Waals surface area contributed by atoms with Crippen LogP contribution in [0.2, 0.25) is 0 Å². The number of Topliss-reactive ketones (excluding diaryl/α,β-unsaturated/α-hetero) is 1. The highest BCUT2D eigenvalue weighted by Crippen LogP contribution is 2.18. The van der Waals surface area contributed by atoms with Crippen molar-refractivity contribution < 1.29 is 28.2 Å². The molecule has 0 aliphatic carbocycles. The zero-order valence-electron chi connectivity index (χ0n) is 14.7. The van der Waals surface area contributed by atoms with E-state index >= 15 is 0 Å². The van der Waals surface area contributed by atoms with Crippen LogP contribution in [0.15, 0.2) is 71.1 Å². The van der Waals surface area contributed by atoms with Gasteiger partial charge in [0.25, 0.3) is 0 Å². The van der Waals surface area contributed by atoms with Crippen molar-refractivity contribution in [1.29, 1.82) is 0 Å². The minimum atomic E-state index is -0.718. The first-order valence-electron chi connectivity index (χ1n) is 8.27. The Bertz CT molecular complexity index is 913. The van der Waals surface area contributed by atoms with Gasteiger partial charge >= 0.3 is 5.97 Å². The van der Waals surface area contributed by atoms with E-state index in [-0.39, 0.29) is 18.2 Å². The zero-order valence-corrected chi connectivity index (χ0v) is 14.7. The van der Waals surface area contributed by atoms with Gasteiger partial charge in [0.2, 0.25) is 11.5 Å². The van der Waals surface area contributed by atoms with Crippen LogP contribution in [-0.4, -0.2) is 25.5 Å². The van der Waals surface area contributed by atoms with Gasteiger partial charge in [-0.05, 0) is 36.4 Å². The van der Waals surface area contributed by atoms with Crippen LogP contribution in [-0.2, 0) is 11.3 Å². The molecule has 0 fully saturated rings. The summed E-state index contributed by atoms with van der Waals surface area (Å²) in [6.07, 6.45) is 0. The Balaban J connectivity index is 1.54. The molecule has 27 heavy (non-hydrogen) atoms. The number of ether oxygens (including phenoxy) is 3. The minimum Gasteiger partial charge on any atom is -0.496 e. The Kier molecular flexibility index (Phi) is 5.89. The lowest BCUT2D eigenvalue weighted by molar-refractivity contribution is 0.0440. The lowest BCUT2D eigenvalue weighted by Crippen LogP contribution is -2.14. The van der Waals surface area contributed by atoms with Gasteiger partial charge in [-0.25, -0.2) is 4.79 Å². The number of carbonyl (C=O) groups is 2. The number of hydrogen-bond donors (Lipinski definition) is 0. The number of para-hydroxylation sites is 2. The summed E-state index contributed by atoms with van der Waals surface area (Å²) in [4.78, 5) is 24.3. The van der Waals surface area contributed by atoms with Crippen molar-refractivity contribution in [3.05, 3.63) is 83.8 Å². The number of hydrogen-bond acceptors (Lipinski definition) is 6. The van der Waals surface area contributed by atoms with Gasteiger partial charge < -0.3 is 18.6 Å². The maximum Gasteiger partial charge on any atom is 0.374 e. The van der Waals surface area contributed by atoms with Crippen molar-refractivity contribution in [2.75, 3.05) is 13.7 Å². The molecule has 2 aromatic carbocycles. The average Bonchev–Trinajstić information content (AvgIpc) is 3.20. The monoisotopic (exact) mass is 366 g/mol. The lowest BCUT2D eigenvalue weighted by atomic mass is 10.1. The summed E-state index contributed by atoms with van der Waals surface area (Å²) in [6.45, 7) is -0.229. The Morgan fingerprint density at radius 1 is 0.926 bits per heavy atom. The van der Waals surface area contributed by atoms with Crippen molar-refractivity contribution in [1.82, 2.24) is 0 Å². The highest BCUT2D eigenvalue weighted by atomic mass is 16.5. The molecule has 6 nitrogen and oxygen atoms in total. The summed E-state index contributed by atoms with van der Waals surface area (Å²) in [7, 11) is 1.47. The van der Waals surface area contributed by atoms with Crippen LogP contribution in [0, 0.1) is 0 Å². The second-order valence-electron chi connectivity index (χ2n) is 5.57. The van der Waals surface area contributed by atoms with Gasteiger partial charge in [-0.3, -0.25) is 4.79 Å². The number of benzene rings is 2. The predicted octanol–water partition coefficient (Wildman–Crippen LogP) is 3.91. The van der Waals surface area contributed by atoms with Crippen molar-refractivity contribution in [2.24, 2.45) is 0 Å². The molecule has 3 rings (SSSR count). The SMILES string of the molecule is COc1ccccc1C(=O)COC(=O)c1ccc(COc2ccccc2)o1. The first-order chi connectivity index (χ1) is 13.2. The molecule has 0 spiro atoms. The Labute approximate surface area is 156 Å². The molecule has 0 atom stereocenters. The first-order valence-corrected chi connectivity index (χ1v) is 8.27. The number of methoxy groups -OCH3 is 1. The fourth-order valence-corrected chi connectivity index (χ4v) is 2.39. The highest BCUT2D eigenvalue weighted by molar-refractivity contribution is 6.01. The van der Waals surface area contributed by atoms with E-state index in [1.54, 1.807) is 30.3 Å². The standard InChI is InChI=1S/C21H18O6/c1-24-19-10-6-5-9-17(19)18(22)14-26-21(23)20-12-11-16(27-20)13-25-15-7-3-2-4-8-15/h2-12H,13-14H2,1H3. The molecule has 0 saturated carbocycles. The molecular formula is C21H18O6. The molecule has 0 saturated heterocycles. The van der Waals surface area contributed by atoms with E-state index in [0.29, 0.717) is 22.8 Å². The Morgan fingerprint density at radius 3 is 2.44 bits per heavy atom. The Hall–Kier alpha value is -3.54. The third-order valence-electron chi connectivity index (χ3n) is 3.73. The molecular weight excluding hydrogens is 348 g/mol. The van der Waals surface area contributed by atoms with E-state index in [0.717, 1.165) is 0 Å². The summed E-state index contributed by atoms with van der Waals surface area (Å²) >= 11 is 0. The molecule has 0 aliphatic heterocycles. The van der Waals surface area contributed by atoms with Crippen LogP contribution in [0.5, 0.6) is 11.5 Å². The summed E-state index contributed by atoms with van der Waals surface area (Å²) < 4.78 is 21.1. The fourth-order valence-electron chi connectivity index (χ4n) is 2.39. The number of furan rings is 1. The van der Waals surface area contributed by atoms with E-state index in [2.05, 4.69) is 0 Å². The lowest BCUT2D eigenvalue weighted by Gasteiger charge is -2.07. The van der Waals surface area contributed by atoms with Gasteiger partial charge in [-0.1, -0.05) is 30.3 Å². The number of ketones is 1. The van der Waals surface area contributed by atoms with E-state index in [4.69, 9.17) is 18.6 Å². The van der Waals surface area contributed by atoms with E-state index in [1.807, 2.05) is 30.3 Å². The molecule has 0 aliphatic rings. The minimum absolute atomic E-state index is 0.00879. The second kappa shape index (κ2) is 8.71. The maximum absolute atomic E-state index is 12.2. The molecule has 0 amide bonds. The molecule has 0 bridgehead atoms. The summed E-state index contributed by atoms with van der Waals surface area (Å²) in [5.74, 6) is 0.526. The maximum atomic E-state index is 12.2. The van der Waals surface area contributed by atoms with Gasteiger partial charge in [0.05, 0.1) is 12.7 Å². The van der Waals surface area contributed by atoms with Crippen LogP contribution in [0.4, 0.5) is 0 Å². The molecule has 0 unspecified atom stereocenters. The van der Waals surface area contributed by atoms with Gasteiger partial charge in [0, 0.05) is 0 Å². The summed E-state index contributed by atoms with van der Waals surface area (Å²) in [5, 5.41) is 0. The number of carbonyl (C=O) groups excluding carboxylic acids is 2. The summed E-state index contributed by atoms with van der Waals surface area (Å²) in [6, 6.07) is 19.1. The zero-order chi connectivity index (χ0) is 19.1. The van der Waals surface area contributed by atoms with Crippen LogP contribution in [0.1, 0.15) is 26.7 Å². The van der Waals surface area contributed by atoms with Crippen LogP contribution in [0.25, 0.3) is 0 Å². The van der Waals surface area contributed by atoms with Crippen molar-refractivity contribution in [3.8, 4) is 11.5 Å². The average molecular weight is 366 g/mol. The third kappa shape index (κ3) is 4.76. The molecule has 3 aromatic rings. The van der Waals surface area contributed by atoms with E-state index < -0.39 is 12.6 Å². The Morgan fingerprint density at radius 2 is 1.67 bits per heavy atom. The molecule has 1 heterocycles. The second-order valence-corrected chi connectivity index (χ2v) is 5.57. The largest absolute Gasteiger partial charge is 0.496 e. The van der Waals surface area contributed by atoms with E-state index in [1.165, 1.54) is 13.2 Å². The van der Waals surface area contributed by atoms with E-state index in [9.17, 15) is 9.59 Å². The van der Waals surface area contributed by atoms with Crippen LogP contribution < -0.4 is 9.47 Å². The van der Waals surface area contributed by atoms with Gasteiger partial charge in [0.1, 0.15) is 23.9 Å². The van der Waals surface area contributed by atoms with Gasteiger partial charge in [0.15, 0.2) is 6.61 Å². The summed E-state index contributed by atoms with van der Waals surface area (Å²) in [5.41, 5.74) is 0.351. The van der Waals surface area contributed by atoms with Gasteiger partial charge in [-0.2, -0.15) is 0 Å². The van der Waals surface area contributed by atoms with Crippen LogP contribution in [0.3, 0.4) is 0 Å². The fraction of sp³-hybridized carbons (Fsp3) is 0.143. The van der Waals surface area contributed by atoms with Crippen molar-refractivity contribution in [3.63, 3.8) is 0 Å². The molecule has 1 aromatic heterocycles. The normalized spacial score (nSPS) is 10.3. The topological polar surface area (TPSA) is 75.0 Å². The van der Waals surface area contributed by atoms with Crippen LogP contribution >= 0.6 is 0 Å². The smallest absolute Gasteiger partial charge is 0.374 e.